The summed E-state index contributed by atoms with van der Waals surface area (Å²) in [5, 5.41) is 0. The van der Waals surface area contributed by atoms with Gasteiger partial charge in [-0.3, -0.25) is 4.79 Å². The van der Waals surface area contributed by atoms with E-state index in [4.69, 9.17) is 10.5 Å². The lowest BCUT2D eigenvalue weighted by molar-refractivity contribution is -0.126. The number of hydrogen-bond donors (Lipinski definition) is 1. The maximum atomic E-state index is 11.9. The molecule has 0 radical (unpaired) electrons. The molecule has 1 aromatic heterocycles. The van der Waals surface area contributed by atoms with Crippen LogP contribution in [0.5, 0.6) is 5.75 Å². The van der Waals surface area contributed by atoms with Crippen molar-refractivity contribution in [2.75, 3.05) is 5.73 Å². The van der Waals surface area contributed by atoms with Gasteiger partial charge in [0.25, 0.3) is 0 Å². The monoisotopic (exact) mass is 362 g/mol. The summed E-state index contributed by atoms with van der Waals surface area (Å²) in [7, 11) is 0. The number of carbonyl (C=O) groups is 1. The number of Topliss-reactive ketones (excluding diaryl/α,β-unsaturated/α-hetero) is 1. The number of anilines is 1. The Kier molecular flexibility index (Phi) is 6.38. The number of rotatable bonds is 7. The number of hydrogen-bond acceptors (Lipinski definition) is 4. The van der Waals surface area contributed by atoms with Crippen LogP contribution in [0.25, 0.3) is 0 Å². The Morgan fingerprint density at radius 3 is 2.78 bits per heavy atom. The van der Waals surface area contributed by atoms with Crippen LogP contribution < -0.4 is 10.5 Å². The zero-order valence-corrected chi connectivity index (χ0v) is 12.9. The summed E-state index contributed by atoms with van der Waals surface area (Å²) in [6, 6.07) is 1.81. The molecule has 1 aromatic rings. The topological polar surface area (TPSA) is 65.2 Å². The van der Waals surface area contributed by atoms with Gasteiger partial charge in [-0.05, 0) is 41.5 Å². The van der Waals surface area contributed by atoms with Crippen LogP contribution in [0.4, 0.5) is 5.82 Å². The van der Waals surface area contributed by atoms with Crippen LogP contribution >= 0.6 is 22.6 Å². The molecule has 0 aliphatic rings. The van der Waals surface area contributed by atoms with Crippen LogP contribution in [0.3, 0.4) is 0 Å². The number of ether oxygens (including phenoxy) is 1. The third-order valence-electron chi connectivity index (χ3n) is 2.53. The summed E-state index contributed by atoms with van der Waals surface area (Å²) in [5.74, 6) is 1.25. The molecule has 0 bridgehead atoms. The second kappa shape index (κ2) is 7.56. The van der Waals surface area contributed by atoms with Gasteiger partial charge in [-0.1, -0.05) is 20.3 Å². The molecule has 5 heteroatoms. The number of aromatic nitrogens is 1. The molecule has 1 atom stereocenters. The van der Waals surface area contributed by atoms with Crippen molar-refractivity contribution in [3.05, 3.63) is 15.8 Å². The number of halogens is 1. The molecular weight excluding hydrogens is 343 g/mol. The Labute approximate surface area is 121 Å². The fourth-order valence-corrected chi connectivity index (χ4v) is 2.06. The lowest BCUT2D eigenvalue weighted by atomic mass is 10.1. The van der Waals surface area contributed by atoms with E-state index < -0.39 is 0 Å². The number of nitrogens with two attached hydrogens (primary N) is 1. The van der Waals surface area contributed by atoms with E-state index in [0.717, 1.165) is 22.8 Å². The van der Waals surface area contributed by atoms with Crippen LogP contribution in [-0.2, 0) is 4.79 Å². The normalized spacial score (nSPS) is 12.2. The van der Waals surface area contributed by atoms with Crippen molar-refractivity contribution in [2.45, 2.75) is 45.6 Å². The van der Waals surface area contributed by atoms with E-state index in [2.05, 4.69) is 27.6 Å². The van der Waals surface area contributed by atoms with Gasteiger partial charge in [-0.15, -0.1) is 0 Å². The Morgan fingerprint density at radius 2 is 2.22 bits per heavy atom. The highest BCUT2D eigenvalue weighted by atomic mass is 127. The van der Waals surface area contributed by atoms with Crippen molar-refractivity contribution >= 4 is 34.2 Å². The van der Waals surface area contributed by atoms with Gasteiger partial charge < -0.3 is 10.5 Å². The number of nitrogens with zero attached hydrogens (tertiary/aromatic N) is 1. The third-order valence-corrected chi connectivity index (χ3v) is 3.39. The zero-order chi connectivity index (χ0) is 13.5. The van der Waals surface area contributed by atoms with Crippen LogP contribution in [0.2, 0.25) is 0 Å². The standard InChI is InChI=1S/C13H19IN2O2/c1-3-5-11(17)12(6-4-2)18-9-7-10(14)13(15)16-8-9/h7-8,12H,3-6H2,1-2H3,(H2,15,16). The fourth-order valence-electron chi connectivity index (χ4n) is 1.61. The molecule has 4 nitrogen and oxygen atoms in total. The second-order valence-electron chi connectivity index (χ2n) is 4.15. The minimum Gasteiger partial charge on any atom is -0.481 e. The van der Waals surface area contributed by atoms with Gasteiger partial charge in [0.15, 0.2) is 11.9 Å². The Morgan fingerprint density at radius 1 is 1.50 bits per heavy atom. The summed E-state index contributed by atoms with van der Waals surface area (Å²) < 4.78 is 6.57. The van der Waals surface area contributed by atoms with Gasteiger partial charge >= 0.3 is 0 Å². The van der Waals surface area contributed by atoms with Gasteiger partial charge in [-0.2, -0.15) is 0 Å². The summed E-state index contributed by atoms with van der Waals surface area (Å²) in [6.07, 6.45) is 4.26. The molecule has 0 amide bonds. The van der Waals surface area contributed by atoms with Gasteiger partial charge in [0.2, 0.25) is 0 Å². The second-order valence-corrected chi connectivity index (χ2v) is 5.31. The molecule has 1 unspecified atom stereocenters. The van der Waals surface area contributed by atoms with E-state index in [1.807, 2.05) is 19.9 Å². The smallest absolute Gasteiger partial charge is 0.173 e. The highest BCUT2D eigenvalue weighted by Crippen LogP contribution is 2.21. The average molecular weight is 362 g/mol. The van der Waals surface area contributed by atoms with E-state index in [0.29, 0.717) is 18.0 Å². The van der Waals surface area contributed by atoms with Crippen molar-refractivity contribution in [3.8, 4) is 5.75 Å². The first kappa shape index (κ1) is 15.2. The molecule has 0 fully saturated rings. The first-order valence-corrected chi connectivity index (χ1v) is 7.26. The van der Waals surface area contributed by atoms with Crippen LogP contribution in [0, 0.1) is 3.57 Å². The Balaban J connectivity index is 2.76. The molecule has 1 rings (SSSR count). The summed E-state index contributed by atoms with van der Waals surface area (Å²) in [4.78, 5) is 15.9. The minimum atomic E-state index is -0.365. The predicted molar refractivity (Wildman–Crippen MR) is 80.6 cm³/mol. The summed E-state index contributed by atoms with van der Waals surface area (Å²) in [5.41, 5.74) is 5.64. The molecule has 0 aliphatic heterocycles. The molecule has 18 heavy (non-hydrogen) atoms. The van der Waals surface area contributed by atoms with E-state index in [1.165, 1.54) is 0 Å². The number of carbonyl (C=O) groups excluding carboxylic acids is 1. The molecule has 0 saturated carbocycles. The summed E-state index contributed by atoms with van der Waals surface area (Å²) >= 11 is 2.10. The van der Waals surface area contributed by atoms with Crippen molar-refractivity contribution < 1.29 is 9.53 Å². The molecule has 0 aromatic carbocycles. The van der Waals surface area contributed by atoms with Gasteiger partial charge in [-0.25, -0.2) is 4.98 Å². The molecule has 0 spiro atoms. The molecule has 0 aliphatic carbocycles. The maximum absolute atomic E-state index is 11.9. The molecule has 0 saturated heterocycles. The largest absolute Gasteiger partial charge is 0.481 e. The van der Waals surface area contributed by atoms with Crippen molar-refractivity contribution in [1.82, 2.24) is 4.98 Å². The van der Waals surface area contributed by atoms with Crippen LogP contribution in [0.1, 0.15) is 39.5 Å². The quantitative estimate of drug-likeness (QED) is 0.757. The van der Waals surface area contributed by atoms with Crippen LogP contribution in [-0.4, -0.2) is 16.9 Å². The van der Waals surface area contributed by atoms with Crippen molar-refractivity contribution in [1.29, 1.82) is 0 Å². The maximum Gasteiger partial charge on any atom is 0.173 e. The lowest BCUT2D eigenvalue weighted by Gasteiger charge is -2.17. The highest BCUT2D eigenvalue weighted by molar-refractivity contribution is 14.1. The van der Waals surface area contributed by atoms with Gasteiger partial charge in [0, 0.05) is 6.42 Å². The van der Waals surface area contributed by atoms with E-state index >= 15 is 0 Å². The molecule has 1 heterocycles. The van der Waals surface area contributed by atoms with E-state index in [9.17, 15) is 4.79 Å². The first-order chi connectivity index (χ1) is 8.58. The molecule has 100 valence electrons. The van der Waals surface area contributed by atoms with Crippen molar-refractivity contribution in [2.24, 2.45) is 0 Å². The van der Waals surface area contributed by atoms with Gasteiger partial charge in [0.1, 0.15) is 11.6 Å². The Bertz CT molecular complexity index is 410. The highest BCUT2D eigenvalue weighted by Gasteiger charge is 2.18. The number of pyridine rings is 1. The molecule has 2 N–H and O–H groups in total. The predicted octanol–water partition coefficient (Wildman–Crippen LogP) is 3.19. The van der Waals surface area contributed by atoms with Gasteiger partial charge in [0.05, 0.1) is 9.77 Å². The van der Waals surface area contributed by atoms with Crippen molar-refractivity contribution in [3.63, 3.8) is 0 Å². The number of ketones is 1. The molecular formula is C13H19IN2O2. The van der Waals surface area contributed by atoms with Crippen LogP contribution in [0.15, 0.2) is 12.3 Å². The zero-order valence-electron chi connectivity index (χ0n) is 10.8. The first-order valence-electron chi connectivity index (χ1n) is 6.18. The third kappa shape index (κ3) is 4.44. The fraction of sp³-hybridized carbons (Fsp3) is 0.538. The number of nitrogen functional groups attached to an aromatic ring is 1. The van der Waals surface area contributed by atoms with E-state index in [-0.39, 0.29) is 11.9 Å². The average Bonchev–Trinajstić information content (AvgIpc) is 2.33. The van der Waals surface area contributed by atoms with E-state index in [1.54, 1.807) is 6.20 Å². The minimum absolute atomic E-state index is 0.159. The Hall–Kier alpha value is -0.850. The SMILES string of the molecule is CCCC(=O)C(CCC)Oc1cnc(N)c(I)c1. The summed E-state index contributed by atoms with van der Waals surface area (Å²) in [6.45, 7) is 4.04. The lowest BCUT2D eigenvalue weighted by Crippen LogP contribution is -2.27.